The molecule has 1 aromatic heterocycles. The van der Waals surface area contributed by atoms with E-state index in [1.54, 1.807) is 0 Å². The number of ether oxygens (including phenoxy) is 1. The SMILES string of the molecule is COC(=O)NCc1nnc(-c2cccc(C)c2)o1. The molecule has 1 aromatic carbocycles. The first-order valence-corrected chi connectivity index (χ1v) is 5.40. The van der Waals surface area contributed by atoms with Crippen molar-refractivity contribution >= 4 is 6.09 Å². The Morgan fingerprint density at radius 1 is 1.44 bits per heavy atom. The second kappa shape index (κ2) is 5.31. The monoisotopic (exact) mass is 247 g/mol. The molecule has 0 fully saturated rings. The standard InChI is InChI=1S/C12H13N3O3/c1-8-4-3-5-9(6-8)11-15-14-10(18-11)7-13-12(16)17-2/h3-6H,7H2,1-2H3,(H,13,16). The molecule has 18 heavy (non-hydrogen) atoms. The summed E-state index contributed by atoms with van der Waals surface area (Å²) in [6, 6.07) is 7.74. The van der Waals surface area contributed by atoms with Crippen molar-refractivity contribution in [2.45, 2.75) is 13.5 Å². The quantitative estimate of drug-likeness (QED) is 0.896. The number of methoxy groups -OCH3 is 1. The van der Waals surface area contributed by atoms with Crippen LogP contribution in [0.3, 0.4) is 0 Å². The van der Waals surface area contributed by atoms with Gasteiger partial charge in [0, 0.05) is 5.56 Å². The van der Waals surface area contributed by atoms with Crippen LogP contribution in [0.25, 0.3) is 11.5 Å². The maximum atomic E-state index is 10.9. The van der Waals surface area contributed by atoms with Crippen molar-refractivity contribution < 1.29 is 13.9 Å². The highest BCUT2D eigenvalue weighted by Gasteiger charge is 2.09. The highest BCUT2D eigenvalue weighted by atomic mass is 16.5. The van der Waals surface area contributed by atoms with Crippen LogP contribution in [0.15, 0.2) is 28.7 Å². The van der Waals surface area contributed by atoms with Crippen LogP contribution >= 0.6 is 0 Å². The van der Waals surface area contributed by atoms with Gasteiger partial charge in [0.15, 0.2) is 0 Å². The van der Waals surface area contributed by atoms with Crippen LogP contribution in [0, 0.1) is 6.92 Å². The molecular weight excluding hydrogens is 234 g/mol. The van der Waals surface area contributed by atoms with E-state index in [9.17, 15) is 4.79 Å². The molecule has 6 nitrogen and oxygen atoms in total. The minimum Gasteiger partial charge on any atom is -0.453 e. The predicted molar refractivity (Wildman–Crippen MR) is 63.7 cm³/mol. The lowest BCUT2D eigenvalue weighted by atomic mass is 10.1. The molecule has 1 heterocycles. The van der Waals surface area contributed by atoms with Crippen molar-refractivity contribution in [1.29, 1.82) is 0 Å². The summed E-state index contributed by atoms with van der Waals surface area (Å²) in [6.45, 7) is 2.13. The molecule has 0 aliphatic carbocycles. The molecule has 1 N–H and O–H groups in total. The van der Waals surface area contributed by atoms with Gasteiger partial charge in [-0.3, -0.25) is 0 Å². The Balaban J connectivity index is 2.08. The topological polar surface area (TPSA) is 77.2 Å². The molecule has 6 heteroatoms. The number of nitrogens with one attached hydrogen (secondary N) is 1. The Morgan fingerprint density at radius 2 is 2.28 bits per heavy atom. The smallest absolute Gasteiger partial charge is 0.407 e. The van der Waals surface area contributed by atoms with Gasteiger partial charge in [-0.25, -0.2) is 4.79 Å². The summed E-state index contributed by atoms with van der Waals surface area (Å²) < 4.78 is 9.87. The van der Waals surface area contributed by atoms with Crippen molar-refractivity contribution in [2.24, 2.45) is 0 Å². The van der Waals surface area contributed by atoms with E-state index >= 15 is 0 Å². The van der Waals surface area contributed by atoms with Gasteiger partial charge in [0.25, 0.3) is 0 Å². The zero-order chi connectivity index (χ0) is 13.0. The molecule has 0 saturated heterocycles. The summed E-state index contributed by atoms with van der Waals surface area (Å²) in [5, 5.41) is 10.2. The Bertz CT molecular complexity index is 551. The lowest BCUT2D eigenvalue weighted by Gasteiger charge is -1.99. The maximum absolute atomic E-state index is 10.9. The van der Waals surface area contributed by atoms with Gasteiger partial charge in [0.2, 0.25) is 11.8 Å². The van der Waals surface area contributed by atoms with E-state index in [-0.39, 0.29) is 6.54 Å². The second-order valence-electron chi connectivity index (χ2n) is 3.72. The molecule has 2 rings (SSSR count). The van der Waals surface area contributed by atoms with Crippen LogP contribution in [0.1, 0.15) is 11.5 Å². The largest absolute Gasteiger partial charge is 0.453 e. The first kappa shape index (κ1) is 12.1. The number of aryl methyl sites for hydroxylation is 1. The predicted octanol–water partition coefficient (Wildman–Crippen LogP) is 1.90. The third-order valence-electron chi connectivity index (χ3n) is 2.30. The average molecular weight is 247 g/mol. The first-order chi connectivity index (χ1) is 8.69. The summed E-state index contributed by atoms with van der Waals surface area (Å²) in [6.07, 6.45) is -0.537. The van der Waals surface area contributed by atoms with E-state index in [0.29, 0.717) is 11.8 Å². The maximum Gasteiger partial charge on any atom is 0.407 e. The number of rotatable bonds is 3. The molecule has 0 radical (unpaired) electrons. The number of carbonyl (C=O) groups is 1. The second-order valence-corrected chi connectivity index (χ2v) is 3.72. The van der Waals surface area contributed by atoms with E-state index in [2.05, 4.69) is 20.3 Å². The van der Waals surface area contributed by atoms with Gasteiger partial charge in [0.05, 0.1) is 13.7 Å². The number of amides is 1. The van der Waals surface area contributed by atoms with Crippen LogP contribution < -0.4 is 5.32 Å². The van der Waals surface area contributed by atoms with Gasteiger partial charge in [0.1, 0.15) is 0 Å². The zero-order valence-corrected chi connectivity index (χ0v) is 10.1. The Labute approximate surface area is 104 Å². The van der Waals surface area contributed by atoms with Crippen molar-refractivity contribution in [2.75, 3.05) is 7.11 Å². The first-order valence-electron chi connectivity index (χ1n) is 5.40. The third kappa shape index (κ3) is 2.85. The highest BCUT2D eigenvalue weighted by molar-refractivity contribution is 5.66. The summed E-state index contributed by atoms with van der Waals surface area (Å²) in [4.78, 5) is 10.9. The van der Waals surface area contributed by atoms with Crippen molar-refractivity contribution in [3.05, 3.63) is 35.7 Å². The van der Waals surface area contributed by atoms with E-state index in [4.69, 9.17) is 4.42 Å². The lowest BCUT2D eigenvalue weighted by molar-refractivity contribution is 0.169. The molecule has 94 valence electrons. The van der Waals surface area contributed by atoms with Crippen LogP contribution in [-0.2, 0) is 11.3 Å². The van der Waals surface area contributed by atoms with E-state index in [1.165, 1.54) is 7.11 Å². The van der Waals surface area contributed by atoms with Gasteiger partial charge in [-0.15, -0.1) is 10.2 Å². The number of benzene rings is 1. The van der Waals surface area contributed by atoms with Crippen LogP contribution in [0.4, 0.5) is 4.79 Å². The Kier molecular flexibility index (Phi) is 3.57. The van der Waals surface area contributed by atoms with Gasteiger partial charge < -0.3 is 14.5 Å². The molecule has 0 bridgehead atoms. The number of hydrogen-bond donors (Lipinski definition) is 1. The van der Waals surface area contributed by atoms with E-state index in [1.807, 2.05) is 31.2 Å². The van der Waals surface area contributed by atoms with Crippen LogP contribution in [-0.4, -0.2) is 23.4 Å². The summed E-state index contributed by atoms with van der Waals surface area (Å²) >= 11 is 0. The molecule has 0 aliphatic heterocycles. The highest BCUT2D eigenvalue weighted by Crippen LogP contribution is 2.18. The summed E-state index contributed by atoms with van der Waals surface area (Å²) in [7, 11) is 1.29. The fourth-order valence-electron chi connectivity index (χ4n) is 1.44. The minimum absolute atomic E-state index is 0.144. The van der Waals surface area contributed by atoms with Crippen molar-refractivity contribution in [3.63, 3.8) is 0 Å². The van der Waals surface area contributed by atoms with Gasteiger partial charge in [-0.2, -0.15) is 0 Å². The molecule has 0 saturated carbocycles. The third-order valence-corrected chi connectivity index (χ3v) is 2.30. The van der Waals surface area contributed by atoms with Gasteiger partial charge in [-0.05, 0) is 19.1 Å². The number of hydrogen-bond acceptors (Lipinski definition) is 5. The molecule has 0 unspecified atom stereocenters. The van der Waals surface area contributed by atoms with Crippen LogP contribution in [0.2, 0.25) is 0 Å². The number of alkyl carbamates (subject to hydrolysis) is 1. The minimum atomic E-state index is -0.537. The molecule has 0 spiro atoms. The zero-order valence-electron chi connectivity index (χ0n) is 10.1. The Morgan fingerprint density at radius 3 is 3.00 bits per heavy atom. The van der Waals surface area contributed by atoms with Crippen molar-refractivity contribution in [3.8, 4) is 11.5 Å². The van der Waals surface area contributed by atoms with Gasteiger partial charge in [-0.1, -0.05) is 17.7 Å². The number of carbonyl (C=O) groups excluding carboxylic acids is 1. The fraction of sp³-hybridized carbons (Fsp3) is 0.250. The Hall–Kier alpha value is -2.37. The fourth-order valence-corrected chi connectivity index (χ4v) is 1.44. The van der Waals surface area contributed by atoms with E-state index < -0.39 is 6.09 Å². The summed E-state index contributed by atoms with van der Waals surface area (Å²) in [5.74, 6) is 0.761. The number of nitrogens with zero attached hydrogens (tertiary/aromatic N) is 2. The molecule has 2 aromatic rings. The van der Waals surface area contributed by atoms with Gasteiger partial charge >= 0.3 is 6.09 Å². The van der Waals surface area contributed by atoms with Crippen molar-refractivity contribution in [1.82, 2.24) is 15.5 Å². The molecule has 1 amide bonds. The molecule has 0 aliphatic rings. The molecule has 0 atom stereocenters. The number of aromatic nitrogens is 2. The summed E-state index contributed by atoms with van der Waals surface area (Å²) in [5.41, 5.74) is 1.96. The molecular formula is C12H13N3O3. The van der Waals surface area contributed by atoms with E-state index in [0.717, 1.165) is 11.1 Å². The average Bonchev–Trinajstić information content (AvgIpc) is 2.84. The van der Waals surface area contributed by atoms with Crippen LogP contribution in [0.5, 0.6) is 0 Å². The normalized spacial score (nSPS) is 10.1. The lowest BCUT2D eigenvalue weighted by Crippen LogP contribution is -2.22.